The van der Waals surface area contributed by atoms with Crippen LogP contribution in [0.3, 0.4) is 0 Å². The van der Waals surface area contributed by atoms with Crippen LogP contribution in [0, 0.1) is 0 Å². The summed E-state index contributed by atoms with van der Waals surface area (Å²) < 4.78 is 5.82. The summed E-state index contributed by atoms with van der Waals surface area (Å²) in [5.41, 5.74) is 5.38. The van der Waals surface area contributed by atoms with Crippen LogP contribution in [0.25, 0.3) is 22.6 Å². The Hall–Kier alpha value is -4.39. The van der Waals surface area contributed by atoms with E-state index in [0.717, 1.165) is 28.0 Å². The Kier molecular flexibility index (Phi) is 10.5. The molecule has 1 aromatic carbocycles. The average Bonchev–Trinajstić information content (AvgIpc) is 2.95. The number of ether oxygens (including phenoxy) is 1. The predicted octanol–water partition coefficient (Wildman–Crippen LogP) is 6.63. The van der Waals surface area contributed by atoms with Crippen LogP contribution in [0.5, 0.6) is 5.75 Å². The zero-order chi connectivity index (χ0) is 26.5. The molecule has 7 nitrogen and oxygen atoms in total. The standard InChI is InChI=1S/C27H26N6O.C3H8/c1-4-7-23(28-2)21-9-5-10-22(16-21)24-25(34-3)27(31-18-19-8-6-13-30-17-19)33-26(32-24)20-11-14-29-15-12-20;1-3-2/h4-17H,18H2,1-3H3,(H,31,32,33);3H2,1-2H3/b7-4-,28-23?;. The summed E-state index contributed by atoms with van der Waals surface area (Å²) in [4.78, 5) is 22.4. The van der Waals surface area contributed by atoms with Gasteiger partial charge in [0.25, 0.3) is 0 Å². The van der Waals surface area contributed by atoms with Crippen LogP contribution in [0.15, 0.2) is 90.5 Å². The lowest BCUT2D eigenvalue weighted by atomic mass is 10.0. The summed E-state index contributed by atoms with van der Waals surface area (Å²) in [6.07, 6.45) is 12.2. The van der Waals surface area contributed by atoms with E-state index in [4.69, 9.17) is 14.7 Å². The van der Waals surface area contributed by atoms with E-state index in [1.54, 1.807) is 32.7 Å². The first-order chi connectivity index (χ1) is 18.1. The first-order valence-electron chi connectivity index (χ1n) is 12.3. The van der Waals surface area contributed by atoms with Gasteiger partial charge < -0.3 is 10.1 Å². The Labute approximate surface area is 219 Å². The van der Waals surface area contributed by atoms with Crippen molar-refractivity contribution in [3.05, 3.63) is 96.6 Å². The second-order valence-corrected chi connectivity index (χ2v) is 8.13. The van der Waals surface area contributed by atoms with E-state index < -0.39 is 0 Å². The molecule has 0 atom stereocenters. The van der Waals surface area contributed by atoms with Crippen LogP contribution in [-0.4, -0.2) is 39.8 Å². The van der Waals surface area contributed by atoms with Crippen molar-refractivity contribution in [2.45, 2.75) is 33.7 Å². The summed E-state index contributed by atoms with van der Waals surface area (Å²) in [5, 5.41) is 3.40. The molecule has 4 rings (SSSR count). The van der Waals surface area contributed by atoms with E-state index in [0.29, 0.717) is 29.6 Å². The Morgan fingerprint density at radius 2 is 1.76 bits per heavy atom. The Balaban J connectivity index is 0.00000121. The topological polar surface area (TPSA) is 85.2 Å². The average molecular weight is 495 g/mol. The van der Waals surface area contributed by atoms with Gasteiger partial charge in [-0.15, -0.1) is 0 Å². The number of aromatic nitrogens is 4. The molecule has 3 heterocycles. The third-order valence-electron chi connectivity index (χ3n) is 5.19. The van der Waals surface area contributed by atoms with E-state index >= 15 is 0 Å². The van der Waals surface area contributed by atoms with Gasteiger partial charge in [0.05, 0.1) is 12.8 Å². The van der Waals surface area contributed by atoms with E-state index in [1.807, 2.05) is 67.7 Å². The van der Waals surface area contributed by atoms with Crippen molar-refractivity contribution in [2.24, 2.45) is 4.99 Å². The maximum Gasteiger partial charge on any atom is 0.187 e. The number of nitrogens with zero attached hydrogens (tertiary/aromatic N) is 5. The molecule has 0 radical (unpaired) electrons. The number of aliphatic imine (C=N–C) groups is 1. The van der Waals surface area contributed by atoms with Gasteiger partial charge in [-0.25, -0.2) is 9.97 Å². The molecule has 0 aliphatic rings. The van der Waals surface area contributed by atoms with Crippen LogP contribution in [-0.2, 0) is 6.54 Å². The summed E-state index contributed by atoms with van der Waals surface area (Å²) in [5.74, 6) is 1.75. The highest BCUT2D eigenvalue weighted by molar-refractivity contribution is 6.09. The fourth-order valence-electron chi connectivity index (χ4n) is 3.56. The smallest absolute Gasteiger partial charge is 0.187 e. The number of hydrogen-bond donors (Lipinski definition) is 1. The molecule has 37 heavy (non-hydrogen) atoms. The van der Waals surface area contributed by atoms with Gasteiger partial charge in [-0.05, 0) is 42.8 Å². The molecule has 0 spiro atoms. The van der Waals surface area contributed by atoms with E-state index in [2.05, 4.69) is 40.2 Å². The van der Waals surface area contributed by atoms with Gasteiger partial charge in [0.1, 0.15) is 5.69 Å². The van der Waals surface area contributed by atoms with E-state index in [9.17, 15) is 0 Å². The minimum Gasteiger partial charge on any atom is -0.491 e. The molecule has 3 aromatic heterocycles. The molecule has 190 valence electrons. The zero-order valence-corrected chi connectivity index (χ0v) is 22.1. The van der Waals surface area contributed by atoms with Crippen LogP contribution in [0.1, 0.15) is 38.3 Å². The van der Waals surface area contributed by atoms with Crippen molar-refractivity contribution in [3.63, 3.8) is 0 Å². The van der Waals surface area contributed by atoms with Gasteiger partial charge in [-0.1, -0.05) is 50.6 Å². The molecule has 0 aliphatic heterocycles. The summed E-state index contributed by atoms with van der Waals surface area (Å²) in [7, 11) is 3.42. The van der Waals surface area contributed by atoms with Gasteiger partial charge in [-0.3, -0.25) is 15.0 Å². The number of methoxy groups -OCH3 is 1. The van der Waals surface area contributed by atoms with Gasteiger partial charge in [0, 0.05) is 55.1 Å². The minimum atomic E-state index is 0.546. The normalized spacial score (nSPS) is 11.1. The van der Waals surface area contributed by atoms with Crippen molar-refractivity contribution < 1.29 is 4.74 Å². The predicted molar refractivity (Wildman–Crippen MR) is 152 cm³/mol. The summed E-state index contributed by atoms with van der Waals surface area (Å²) >= 11 is 0. The number of allylic oxidation sites excluding steroid dienone is 2. The molecule has 0 saturated carbocycles. The SMILES string of the molecule is C/C=C\C(=NC)c1cccc(-c2nc(-c3ccncc3)nc(NCc3cccnc3)c2OC)c1.CCC. The van der Waals surface area contributed by atoms with Gasteiger partial charge in [-0.2, -0.15) is 0 Å². The molecule has 0 amide bonds. The molecular weight excluding hydrogens is 460 g/mol. The second-order valence-electron chi connectivity index (χ2n) is 8.13. The molecule has 0 unspecified atom stereocenters. The van der Waals surface area contributed by atoms with Crippen LogP contribution < -0.4 is 10.1 Å². The van der Waals surface area contributed by atoms with Crippen molar-refractivity contribution in [1.82, 2.24) is 19.9 Å². The molecular formula is C30H34N6O. The van der Waals surface area contributed by atoms with Crippen molar-refractivity contribution in [3.8, 4) is 28.4 Å². The first-order valence-corrected chi connectivity index (χ1v) is 12.3. The Bertz CT molecular complexity index is 1320. The molecule has 0 saturated heterocycles. The maximum atomic E-state index is 5.82. The highest BCUT2D eigenvalue weighted by Crippen LogP contribution is 2.36. The number of benzene rings is 1. The molecule has 7 heteroatoms. The summed E-state index contributed by atoms with van der Waals surface area (Å²) in [6, 6.07) is 15.8. The Morgan fingerprint density at radius 3 is 2.41 bits per heavy atom. The highest BCUT2D eigenvalue weighted by Gasteiger charge is 2.18. The fraction of sp³-hybridized carbons (Fsp3) is 0.233. The van der Waals surface area contributed by atoms with Crippen LogP contribution >= 0.6 is 0 Å². The Morgan fingerprint density at radius 1 is 0.973 bits per heavy atom. The second kappa shape index (κ2) is 14.2. The lowest BCUT2D eigenvalue weighted by molar-refractivity contribution is 0.415. The van der Waals surface area contributed by atoms with Gasteiger partial charge in [0.15, 0.2) is 17.4 Å². The lowest BCUT2D eigenvalue weighted by Crippen LogP contribution is -2.07. The molecule has 0 fully saturated rings. The highest BCUT2D eigenvalue weighted by atomic mass is 16.5. The van der Waals surface area contributed by atoms with Gasteiger partial charge >= 0.3 is 0 Å². The van der Waals surface area contributed by atoms with E-state index in [1.165, 1.54) is 6.42 Å². The summed E-state index contributed by atoms with van der Waals surface area (Å²) in [6.45, 7) is 6.77. The van der Waals surface area contributed by atoms with Crippen LogP contribution in [0.4, 0.5) is 5.82 Å². The van der Waals surface area contributed by atoms with Crippen molar-refractivity contribution in [1.29, 1.82) is 0 Å². The van der Waals surface area contributed by atoms with Crippen molar-refractivity contribution in [2.75, 3.05) is 19.5 Å². The number of nitrogens with one attached hydrogen (secondary N) is 1. The molecule has 4 aromatic rings. The first kappa shape index (κ1) is 27.2. The molecule has 0 aliphatic carbocycles. The fourth-order valence-corrected chi connectivity index (χ4v) is 3.56. The van der Waals surface area contributed by atoms with Gasteiger partial charge in [0.2, 0.25) is 0 Å². The number of pyridine rings is 2. The maximum absolute atomic E-state index is 5.82. The third kappa shape index (κ3) is 7.30. The quantitative estimate of drug-likeness (QED) is 0.277. The lowest BCUT2D eigenvalue weighted by Gasteiger charge is -2.16. The monoisotopic (exact) mass is 494 g/mol. The van der Waals surface area contributed by atoms with Crippen molar-refractivity contribution >= 4 is 11.5 Å². The number of hydrogen-bond acceptors (Lipinski definition) is 7. The largest absolute Gasteiger partial charge is 0.491 e. The number of anilines is 1. The number of rotatable bonds is 8. The minimum absolute atomic E-state index is 0.546. The third-order valence-corrected chi connectivity index (χ3v) is 5.19. The zero-order valence-electron chi connectivity index (χ0n) is 22.1. The molecule has 1 N–H and O–H groups in total. The molecule has 0 bridgehead atoms. The van der Waals surface area contributed by atoms with E-state index in [-0.39, 0.29) is 0 Å². The van der Waals surface area contributed by atoms with Crippen LogP contribution in [0.2, 0.25) is 0 Å².